The van der Waals surface area contributed by atoms with Gasteiger partial charge in [0.1, 0.15) is 11.6 Å². The Labute approximate surface area is 112 Å². The van der Waals surface area contributed by atoms with Crippen LogP contribution in [-0.2, 0) is 0 Å². The van der Waals surface area contributed by atoms with E-state index in [-0.39, 0.29) is 5.82 Å². The molecular formula is C15H18FN3. The van der Waals surface area contributed by atoms with Crippen LogP contribution < -0.4 is 5.32 Å². The van der Waals surface area contributed by atoms with Gasteiger partial charge in [0.25, 0.3) is 0 Å². The van der Waals surface area contributed by atoms with Crippen molar-refractivity contribution in [3.63, 3.8) is 0 Å². The van der Waals surface area contributed by atoms with Crippen LogP contribution in [-0.4, -0.2) is 16.5 Å². The van der Waals surface area contributed by atoms with Gasteiger partial charge < -0.3 is 5.32 Å². The average Bonchev–Trinajstić information content (AvgIpc) is 2.38. The third kappa shape index (κ3) is 2.72. The number of aryl methyl sites for hydroxylation is 2. The molecule has 3 nitrogen and oxygen atoms in total. The van der Waals surface area contributed by atoms with E-state index in [0.717, 1.165) is 34.7 Å². The Bertz CT molecular complexity index is 609. The maximum Gasteiger partial charge on any atom is 0.162 e. The normalized spacial score (nSPS) is 10.6. The van der Waals surface area contributed by atoms with Crippen molar-refractivity contribution in [1.29, 1.82) is 0 Å². The molecule has 2 aromatic rings. The molecule has 0 atom stereocenters. The lowest BCUT2D eigenvalue weighted by Gasteiger charge is -2.12. The number of nitrogens with zero attached hydrogens (tertiary/aromatic N) is 2. The van der Waals surface area contributed by atoms with Crippen LogP contribution in [0.2, 0.25) is 0 Å². The second-order valence-corrected chi connectivity index (χ2v) is 4.60. The number of rotatable bonds is 3. The molecule has 0 spiro atoms. The Kier molecular flexibility index (Phi) is 3.79. The molecule has 0 aliphatic rings. The van der Waals surface area contributed by atoms with Crippen LogP contribution >= 0.6 is 0 Å². The molecule has 0 saturated carbocycles. The van der Waals surface area contributed by atoms with E-state index in [9.17, 15) is 4.39 Å². The van der Waals surface area contributed by atoms with Gasteiger partial charge in [0.05, 0.1) is 0 Å². The summed E-state index contributed by atoms with van der Waals surface area (Å²) in [4.78, 5) is 8.98. The van der Waals surface area contributed by atoms with Gasteiger partial charge in [-0.2, -0.15) is 0 Å². The topological polar surface area (TPSA) is 37.8 Å². The highest BCUT2D eigenvalue weighted by Gasteiger charge is 2.11. The van der Waals surface area contributed by atoms with Gasteiger partial charge in [0.2, 0.25) is 0 Å². The van der Waals surface area contributed by atoms with Crippen molar-refractivity contribution in [3.8, 4) is 11.4 Å². The monoisotopic (exact) mass is 259 g/mol. The highest BCUT2D eigenvalue weighted by atomic mass is 19.1. The fraction of sp³-hybridized carbons (Fsp3) is 0.333. The largest absolute Gasteiger partial charge is 0.370 e. The van der Waals surface area contributed by atoms with Crippen LogP contribution in [0.15, 0.2) is 18.2 Å². The number of nitrogens with one attached hydrogen (secondary N) is 1. The number of hydrogen-bond acceptors (Lipinski definition) is 3. The molecule has 0 bridgehead atoms. The summed E-state index contributed by atoms with van der Waals surface area (Å²) >= 11 is 0. The molecule has 0 amide bonds. The standard InChI is InChI=1S/C15H18FN3/c1-5-17-14-10(3)11(4)18-15(19-14)13-8-12(16)7-6-9(13)2/h6-8H,5H2,1-4H3,(H,17,18,19). The van der Waals surface area contributed by atoms with Crippen LogP contribution in [0.25, 0.3) is 11.4 Å². The first-order chi connectivity index (χ1) is 9.02. The van der Waals surface area contributed by atoms with Gasteiger partial charge in [-0.15, -0.1) is 0 Å². The summed E-state index contributed by atoms with van der Waals surface area (Å²) in [6.07, 6.45) is 0. The molecule has 0 unspecified atom stereocenters. The maximum absolute atomic E-state index is 13.4. The van der Waals surface area contributed by atoms with Gasteiger partial charge in [-0.25, -0.2) is 14.4 Å². The molecule has 0 fully saturated rings. The predicted octanol–water partition coefficient (Wildman–Crippen LogP) is 3.64. The lowest BCUT2D eigenvalue weighted by Crippen LogP contribution is -2.06. The number of hydrogen-bond donors (Lipinski definition) is 1. The minimum absolute atomic E-state index is 0.271. The van der Waals surface area contributed by atoms with Crippen LogP contribution in [0.4, 0.5) is 10.2 Å². The summed E-state index contributed by atoms with van der Waals surface area (Å²) in [5.74, 6) is 1.11. The van der Waals surface area contributed by atoms with Crippen LogP contribution in [0, 0.1) is 26.6 Å². The van der Waals surface area contributed by atoms with Gasteiger partial charge in [-0.1, -0.05) is 6.07 Å². The molecular weight excluding hydrogens is 241 g/mol. The number of halogens is 1. The minimum Gasteiger partial charge on any atom is -0.370 e. The van der Waals surface area contributed by atoms with Crippen molar-refractivity contribution in [2.24, 2.45) is 0 Å². The minimum atomic E-state index is -0.271. The molecule has 0 aliphatic carbocycles. The smallest absolute Gasteiger partial charge is 0.162 e. The second-order valence-electron chi connectivity index (χ2n) is 4.60. The Morgan fingerprint density at radius 1 is 1.16 bits per heavy atom. The maximum atomic E-state index is 13.4. The molecule has 0 saturated heterocycles. The first-order valence-corrected chi connectivity index (χ1v) is 6.38. The molecule has 0 radical (unpaired) electrons. The number of benzene rings is 1. The van der Waals surface area contributed by atoms with E-state index in [1.807, 2.05) is 27.7 Å². The van der Waals surface area contributed by atoms with Gasteiger partial charge >= 0.3 is 0 Å². The summed E-state index contributed by atoms with van der Waals surface area (Å²) in [7, 11) is 0. The van der Waals surface area contributed by atoms with E-state index >= 15 is 0 Å². The van der Waals surface area contributed by atoms with Crippen LogP contribution in [0.5, 0.6) is 0 Å². The number of aromatic nitrogens is 2. The molecule has 100 valence electrons. The molecule has 0 aliphatic heterocycles. The van der Waals surface area contributed by atoms with Crippen molar-refractivity contribution in [2.45, 2.75) is 27.7 Å². The summed E-state index contributed by atoms with van der Waals surface area (Å²) < 4.78 is 13.4. The van der Waals surface area contributed by atoms with E-state index < -0.39 is 0 Å². The quantitative estimate of drug-likeness (QED) is 0.914. The van der Waals surface area contributed by atoms with E-state index in [1.54, 1.807) is 6.07 Å². The second kappa shape index (κ2) is 5.34. The zero-order valence-electron chi connectivity index (χ0n) is 11.7. The molecule has 4 heteroatoms. The fourth-order valence-corrected chi connectivity index (χ4v) is 1.92. The first kappa shape index (κ1) is 13.5. The highest BCUT2D eigenvalue weighted by Crippen LogP contribution is 2.24. The molecule has 1 aromatic carbocycles. The molecule has 1 aromatic heterocycles. The number of anilines is 1. The zero-order chi connectivity index (χ0) is 14.0. The highest BCUT2D eigenvalue weighted by molar-refractivity contribution is 5.63. The van der Waals surface area contributed by atoms with Crippen LogP contribution in [0.1, 0.15) is 23.7 Å². The van der Waals surface area contributed by atoms with Gasteiger partial charge in [0.15, 0.2) is 5.82 Å². The van der Waals surface area contributed by atoms with Crippen LogP contribution in [0.3, 0.4) is 0 Å². The molecule has 1 N–H and O–H groups in total. The Morgan fingerprint density at radius 2 is 1.89 bits per heavy atom. The Morgan fingerprint density at radius 3 is 2.58 bits per heavy atom. The van der Waals surface area contributed by atoms with E-state index in [1.165, 1.54) is 12.1 Å². The Hall–Kier alpha value is -1.97. The van der Waals surface area contributed by atoms with Crippen molar-refractivity contribution in [3.05, 3.63) is 40.8 Å². The van der Waals surface area contributed by atoms with Crippen molar-refractivity contribution >= 4 is 5.82 Å². The average molecular weight is 259 g/mol. The zero-order valence-corrected chi connectivity index (χ0v) is 11.7. The molecule has 1 heterocycles. The Balaban J connectivity index is 2.59. The third-order valence-electron chi connectivity index (χ3n) is 3.17. The first-order valence-electron chi connectivity index (χ1n) is 6.38. The lowest BCUT2D eigenvalue weighted by atomic mass is 10.1. The van der Waals surface area contributed by atoms with Gasteiger partial charge in [0, 0.05) is 23.4 Å². The van der Waals surface area contributed by atoms with Gasteiger partial charge in [-0.05, 0) is 45.4 Å². The predicted molar refractivity (Wildman–Crippen MR) is 75.8 cm³/mol. The SMILES string of the molecule is CCNc1nc(-c2cc(F)ccc2C)nc(C)c1C. The van der Waals surface area contributed by atoms with E-state index in [0.29, 0.717) is 5.82 Å². The van der Waals surface area contributed by atoms with Crippen molar-refractivity contribution in [1.82, 2.24) is 9.97 Å². The van der Waals surface area contributed by atoms with E-state index in [4.69, 9.17) is 0 Å². The summed E-state index contributed by atoms with van der Waals surface area (Å²) in [5, 5.41) is 3.22. The summed E-state index contributed by atoms with van der Waals surface area (Å²) in [6, 6.07) is 4.68. The molecule has 2 rings (SSSR count). The van der Waals surface area contributed by atoms with Crippen molar-refractivity contribution in [2.75, 3.05) is 11.9 Å². The summed E-state index contributed by atoms with van der Waals surface area (Å²) in [6.45, 7) is 8.66. The molecule has 19 heavy (non-hydrogen) atoms. The fourth-order valence-electron chi connectivity index (χ4n) is 1.92. The third-order valence-corrected chi connectivity index (χ3v) is 3.17. The van der Waals surface area contributed by atoms with Gasteiger partial charge in [-0.3, -0.25) is 0 Å². The van der Waals surface area contributed by atoms with E-state index in [2.05, 4.69) is 15.3 Å². The summed E-state index contributed by atoms with van der Waals surface area (Å²) in [5.41, 5.74) is 3.64. The van der Waals surface area contributed by atoms with Crippen molar-refractivity contribution < 1.29 is 4.39 Å². The lowest BCUT2D eigenvalue weighted by molar-refractivity contribution is 0.627.